The van der Waals surface area contributed by atoms with Crippen LogP contribution >= 0.6 is 0 Å². The van der Waals surface area contributed by atoms with Crippen molar-refractivity contribution in [3.63, 3.8) is 0 Å². The summed E-state index contributed by atoms with van der Waals surface area (Å²) in [5.74, 6) is 4.93. The molecule has 4 saturated carbocycles. The molecule has 2 heterocycles. The van der Waals surface area contributed by atoms with E-state index in [0.717, 1.165) is 49.5 Å². The Kier molecular flexibility index (Phi) is 4.58. The molecule has 0 unspecified atom stereocenters. The minimum atomic E-state index is -0.282. The molecule has 170 valence electrons. The molecule has 6 aliphatic rings. The summed E-state index contributed by atoms with van der Waals surface area (Å²) in [5.41, 5.74) is 0.899. The van der Waals surface area contributed by atoms with Gasteiger partial charge in [-0.1, -0.05) is 27.7 Å². The molecule has 0 aromatic carbocycles. The molecule has 0 aromatic heterocycles. The zero-order valence-electron chi connectivity index (χ0n) is 19.7. The highest BCUT2D eigenvalue weighted by Gasteiger charge is 2.69. The molecule has 0 aromatic rings. The first-order valence-corrected chi connectivity index (χ1v) is 13.3. The van der Waals surface area contributed by atoms with Gasteiger partial charge < -0.3 is 14.6 Å². The van der Waals surface area contributed by atoms with Crippen LogP contribution in [0.5, 0.6) is 0 Å². The molecule has 4 aliphatic carbocycles. The van der Waals surface area contributed by atoms with E-state index >= 15 is 0 Å². The molecule has 0 radical (unpaired) electrons. The summed E-state index contributed by atoms with van der Waals surface area (Å²) in [7, 11) is 0. The molecule has 3 nitrogen and oxygen atoms in total. The predicted molar refractivity (Wildman–Crippen MR) is 118 cm³/mol. The van der Waals surface area contributed by atoms with Gasteiger partial charge in [-0.3, -0.25) is 0 Å². The summed E-state index contributed by atoms with van der Waals surface area (Å²) in [6, 6.07) is 0. The smallest absolute Gasteiger partial charge is 0.171 e. The molecule has 30 heavy (non-hydrogen) atoms. The van der Waals surface area contributed by atoms with Crippen LogP contribution in [0.2, 0.25) is 0 Å². The topological polar surface area (TPSA) is 38.7 Å². The first-order valence-electron chi connectivity index (χ1n) is 13.3. The van der Waals surface area contributed by atoms with E-state index in [0.29, 0.717) is 34.7 Å². The molecule has 6 fully saturated rings. The van der Waals surface area contributed by atoms with Gasteiger partial charge in [0.15, 0.2) is 5.79 Å². The van der Waals surface area contributed by atoms with Crippen LogP contribution in [0.1, 0.15) is 91.9 Å². The van der Waals surface area contributed by atoms with Crippen molar-refractivity contribution in [1.82, 2.24) is 0 Å². The summed E-state index contributed by atoms with van der Waals surface area (Å²) >= 11 is 0. The van der Waals surface area contributed by atoms with Gasteiger partial charge in [0.1, 0.15) is 0 Å². The molecule has 2 aliphatic heterocycles. The minimum Gasteiger partial charge on any atom is -0.393 e. The number of ether oxygens (including phenoxy) is 2. The highest BCUT2D eigenvalue weighted by atomic mass is 16.7. The average molecular weight is 417 g/mol. The third kappa shape index (κ3) is 2.61. The van der Waals surface area contributed by atoms with Crippen LogP contribution in [-0.2, 0) is 9.47 Å². The molecule has 0 bridgehead atoms. The zero-order chi connectivity index (χ0) is 20.9. The quantitative estimate of drug-likeness (QED) is 0.543. The van der Waals surface area contributed by atoms with Crippen molar-refractivity contribution in [3.8, 4) is 0 Å². The van der Waals surface area contributed by atoms with Crippen molar-refractivity contribution in [2.75, 3.05) is 6.61 Å². The van der Waals surface area contributed by atoms with Gasteiger partial charge in [-0.2, -0.15) is 0 Å². The van der Waals surface area contributed by atoms with Gasteiger partial charge in [0.2, 0.25) is 0 Å². The third-order valence-electron chi connectivity index (χ3n) is 11.9. The zero-order valence-corrected chi connectivity index (χ0v) is 19.7. The summed E-state index contributed by atoms with van der Waals surface area (Å²) in [5, 5.41) is 10.3. The van der Waals surface area contributed by atoms with Crippen LogP contribution in [0.15, 0.2) is 0 Å². The van der Waals surface area contributed by atoms with E-state index in [4.69, 9.17) is 9.47 Å². The lowest BCUT2D eigenvalue weighted by atomic mass is 9.44. The third-order valence-corrected chi connectivity index (χ3v) is 11.9. The van der Waals surface area contributed by atoms with E-state index in [1.54, 1.807) is 0 Å². The second-order valence-corrected chi connectivity index (χ2v) is 13.1. The maximum atomic E-state index is 10.3. The monoisotopic (exact) mass is 416 g/mol. The second kappa shape index (κ2) is 6.70. The molecule has 3 heteroatoms. The van der Waals surface area contributed by atoms with E-state index in [-0.39, 0.29) is 11.9 Å². The lowest BCUT2D eigenvalue weighted by molar-refractivity contribution is -0.273. The normalized spacial score (nSPS) is 62.5. The Balaban J connectivity index is 1.26. The van der Waals surface area contributed by atoms with E-state index in [1.165, 1.54) is 44.9 Å². The first kappa shape index (κ1) is 20.5. The molecule has 2 saturated heterocycles. The van der Waals surface area contributed by atoms with Crippen molar-refractivity contribution in [2.45, 2.75) is 110 Å². The first-order chi connectivity index (χ1) is 14.3. The SMILES string of the molecule is C[C@H]1CC[C@]2(OC1)O[C@H]1C[C@H]3[C@@H]4CC[C@@H]5C[C@@H](O)CC[C@]5(C)[C@H]4CC[C@]3(C)[C@H]1[C@H]2C. The van der Waals surface area contributed by atoms with Gasteiger partial charge in [-0.25, -0.2) is 0 Å². The highest BCUT2D eigenvalue weighted by molar-refractivity contribution is 5.15. The average Bonchev–Trinajstić information content (AvgIpc) is 3.16. The van der Waals surface area contributed by atoms with Crippen LogP contribution in [0.25, 0.3) is 0 Å². The maximum absolute atomic E-state index is 10.3. The maximum Gasteiger partial charge on any atom is 0.171 e. The fraction of sp³-hybridized carbons (Fsp3) is 1.00. The molecule has 6 rings (SSSR count). The summed E-state index contributed by atoms with van der Waals surface area (Å²) in [6.45, 7) is 10.9. The van der Waals surface area contributed by atoms with Crippen LogP contribution in [-0.4, -0.2) is 29.7 Å². The van der Waals surface area contributed by atoms with Crippen LogP contribution < -0.4 is 0 Å². The van der Waals surface area contributed by atoms with Gasteiger partial charge in [0, 0.05) is 12.3 Å². The lowest BCUT2D eigenvalue weighted by Gasteiger charge is -2.61. The van der Waals surface area contributed by atoms with E-state index < -0.39 is 0 Å². The second-order valence-electron chi connectivity index (χ2n) is 13.1. The Bertz CT molecular complexity index is 684. The van der Waals surface area contributed by atoms with Gasteiger partial charge in [0.05, 0.1) is 18.8 Å². The fourth-order valence-corrected chi connectivity index (χ4v) is 10.3. The van der Waals surface area contributed by atoms with Crippen molar-refractivity contribution in [1.29, 1.82) is 0 Å². The van der Waals surface area contributed by atoms with Crippen molar-refractivity contribution in [2.24, 2.45) is 52.3 Å². The Morgan fingerprint density at radius 2 is 1.63 bits per heavy atom. The predicted octanol–water partition coefficient (Wildman–Crippen LogP) is 5.79. The Morgan fingerprint density at radius 1 is 0.833 bits per heavy atom. The number of aliphatic hydroxyl groups is 1. The molecular weight excluding hydrogens is 372 g/mol. The van der Waals surface area contributed by atoms with E-state index in [1.807, 2.05) is 0 Å². The number of hydrogen-bond donors (Lipinski definition) is 1. The van der Waals surface area contributed by atoms with Crippen molar-refractivity contribution in [3.05, 3.63) is 0 Å². The van der Waals surface area contributed by atoms with Crippen LogP contribution in [0.3, 0.4) is 0 Å². The van der Waals surface area contributed by atoms with Gasteiger partial charge in [0.25, 0.3) is 0 Å². The van der Waals surface area contributed by atoms with Crippen molar-refractivity contribution >= 4 is 0 Å². The van der Waals surface area contributed by atoms with E-state index in [2.05, 4.69) is 27.7 Å². The lowest BCUT2D eigenvalue weighted by Crippen LogP contribution is -2.55. The van der Waals surface area contributed by atoms with Crippen LogP contribution in [0, 0.1) is 52.3 Å². The number of rotatable bonds is 0. The van der Waals surface area contributed by atoms with Gasteiger partial charge in [-0.15, -0.1) is 0 Å². The number of hydrogen-bond acceptors (Lipinski definition) is 3. The Hall–Kier alpha value is -0.120. The largest absolute Gasteiger partial charge is 0.393 e. The Labute approximate surface area is 183 Å². The molecule has 1 spiro atoms. The summed E-state index contributed by atoms with van der Waals surface area (Å²) < 4.78 is 13.4. The molecule has 1 N–H and O–H groups in total. The fourth-order valence-electron chi connectivity index (χ4n) is 10.3. The molecular formula is C27H44O3. The summed E-state index contributed by atoms with van der Waals surface area (Å²) in [6.07, 6.45) is 12.9. The highest BCUT2D eigenvalue weighted by Crippen LogP contribution is 2.71. The van der Waals surface area contributed by atoms with Crippen molar-refractivity contribution < 1.29 is 14.6 Å². The standard InChI is InChI=1S/C27H44O3/c1-16-7-12-27(29-15-16)17(2)24-23(30-27)14-22-20-6-5-18-13-19(28)8-10-25(18,3)21(20)9-11-26(22,24)4/h16-24,28H,5-15H2,1-4H3/t16-,17+,18+,19-,20+,21-,22-,23-,24-,25-,26-,27-/m0/s1. The number of aliphatic hydroxyl groups excluding tert-OH is 1. The van der Waals surface area contributed by atoms with Gasteiger partial charge >= 0.3 is 0 Å². The summed E-state index contributed by atoms with van der Waals surface area (Å²) in [4.78, 5) is 0. The Morgan fingerprint density at radius 3 is 2.40 bits per heavy atom. The molecule has 0 amide bonds. The number of fused-ring (bicyclic) bond motifs is 7. The van der Waals surface area contributed by atoms with Crippen LogP contribution in [0.4, 0.5) is 0 Å². The minimum absolute atomic E-state index is 0.0389. The molecule has 12 atom stereocenters. The van der Waals surface area contributed by atoms with Gasteiger partial charge in [-0.05, 0) is 104 Å². The van der Waals surface area contributed by atoms with E-state index in [9.17, 15) is 5.11 Å².